The summed E-state index contributed by atoms with van der Waals surface area (Å²) in [6, 6.07) is 12.7. The molecular weight excluding hydrogens is 324 g/mol. The lowest BCUT2D eigenvalue weighted by Gasteiger charge is -2.35. The van der Waals surface area contributed by atoms with Gasteiger partial charge in [-0.2, -0.15) is 0 Å². The van der Waals surface area contributed by atoms with Crippen molar-refractivity contribution in [2.45, 2.75) is 51.6 Å². The van der Waals surface area contributed by atoms with E-state index < -0.39 is 0 Å². The first-order valence-electron chi connectivity index (χ1n) is 9.72. The molecule has 0 saturated carbocycles. The molecule has 5 heteroatoms. The van der Waals surface area contributed by atoms with Crippen LogP contribution in [0.4, 0.5) is 5.82 Å². The predicted molar refractivity (Wildman–Crippen MR) is 102 cm³/mol. The zero-order chi connectivity index (χ0) is 17.9. The van der Waals surface area contributed by atoms with Gasteiger partial charge in [-0.1, -0.05) is 31.2 Å². The molecule has 1 saturated heterocycles. The minimum absolute atomic E-state index is 0.0274. The van der Waals surface area contributed by atoms with Gasteiger partial charge in [0.15, 0.2) is 11.5 Å². The smallest absolute Gasteiger partial charge is 0.274 e. The van der Waals surface area contributed by atoms with Crippen LogP contribution in [0.1, 0.15) is 54.2 Å². The van der Waals surface area contributed by atoms with E-state index in [4.69, 9.17) is 0 Å². The molecule has 1 amide bonds. The van der Waals surface area contributed by atoms with E-state index in [0.717, 1.165) is 51.1 Å². The number of rotatable bonds is 3. The third-order valence-corrected chi connectivity index (χ3v) is 5.68. The number of likely N-dealkylation sites (tertiary alicyclic amines) is 1. The maximum absolute atomic E-state index is 12.8. The fraction of sp³-hybridized carbons (Fsp3) is 0.476. The monoisotopic (exact) mass is 350 g/mol. The van der Waals surface area contributed by atoms with Gasteiger partial charge in [0.05, 0.1) is 0 Å². The number of fused-ring (bicyclic) bond motifs is 1. The second kappa shape index (κ2) is 7.44. The summed E-state index contributed by atoms with van der Waals surface area (Å²) in [6.45, 7) is 4.77. The Hall–Kier alpha value is -2.43. The molecule has 1 fully saturated rings. The van der Waals surface area contributed by atoms with E-state index in [1.54, 1.807) is 0 Å². The maximum atomic E-state index is 12.8. The fourth-order valence-corrected chi connectivity index (χ4v) is 4.14. The SMILES string of the molecule is CCC1CCCCN1C(=O)c1ccc(N2CCc3ccccc3C2)nn1. The summed E-state index contributed by atoms with van der Waals surface area (Å²) in [7, 11) is 0. The van der Waals surface area contributed by atoms with Gasteiger partial charge in [-0.05, 0) is 55.4 Å². The quantitative estimate of drug-likeness (QED) is 0.851. The zero-order valence-corrected chi connectivity index (χ0v) is 15.4. The van der Waals surface area contributed by atoms with Gasteiger partial charge in [-0.15, -0.1) is 10.2 Å². The Morgan fingerprint density at radius 3 is 2.69 bits per heavy atom. The van der Waals surface area contributed by atoms with Crippen molar-refractivity contribution in [2.75, 3.05) is 18.0 Å². The van der Waals surface area contributed by atoms with Crippen LogP contribution in [0.25, 0.3) is 0 Å². The number of carbonyl (C=O) groups excluding carboxylic acids is 1. The Labute approximate surface area is 155 Å². The van der Waals surface area contributed by atoms with E-state index in [0.29, 0.717) is 11.7 Å². The number of hydrogen-bond donors (Lipinski definition) is 0. The summed E-state index contributed by atoms with van der Waals surface area (Å²) in [6.07, 6.45) is 5.42. The number of carbonyl (C=O) groups is 1. The summed E-state index contributed by atoms with van der Waals surface area (Å²) < 4.78 is 0. The normalized spacial score (nSPS) is 20.0. The van der Waals surface area contributed by atoms with Crippen molar-refractivity contribution in [1.82, 2.24) is 15.1 Å². The molecule has 0 spiro atoms. The highest BCUT2D eigenvalue weighted by Gasteiger charge is 2.27. The van der Waals surface area contributed by atoms with Gasteiger partial charge in [0.1, 0.15) is 0 Å². The van der Waals surface area contributed by atoms with Crippen LogP contribution in [0.3, 0.4) is 0 Å². The second-order valence-electron chi connectivity index (χ2n) is 7.27. The molecule has 136 valence electrons. The van der Waals surface area contributed by atoms with Crippen LogP contribution in [0, 0.1) is 0 Å². The van der Waals surface area contributed by atoms with Gasteiger partial charge < -0.3 is 9.80 Å². The Morgan fingerprint density at radius 2 is 1.92 bits per heavy atom. The van der Waals surface area contributed by atoms with E-state index in [1.807, 2.05) is 17.0 Å². The van der Waals surface area contributed by atoms with Crippen LogP contribution >= 0.6 is 0 Å². The topological polar surface area (TPSA) is 49.3 Å². The third kappa shape index (κ3) is 3.30. The highest BCUT2D eigenvalue weighted by Crippen LogP contribution is 2.24. The molecule has 0 N–H and O–H groups in total. The standard InChI is InChI=1S/C21H26N4O/c1-2-18-9-5-6-13-25(18)21(26)19-10-11-20(23-22-19)24-14-12-16-7-3-4-8-17(16)15-24/h3-4,7-8,10-11,18H,2,5-6,9,12-15H2,1H3. The lowest BCUT2D eigenvalue weighted by atomic mass is 9.99. The average molecular weight is 350 g/mol. The van der Waals surface area contributed by atoms with E-state index in [1.165, 1.54) is 17.5 Å². The number of benzene rings is 1. The molecule has 2 aromatic rings. The first-order valence-corrected chi connectivity index (χ1v) is 9.72. The first-order chi connectivity index (χ1) is 12.8. The fourth-order valence-electron chi connectivity index (χ4n) is 4.14. The van der Waals surface area contributed by atoms with Crippen LogP contribution in [0.2, 0.25) is 0 Å². The largest absolute Gasteiger partial charge is 0.350 e. The Morgan fingerprint density at radius 1 is 1.08 bits per heavy atom. The number of amides is 1. The van der Waals surface area contributed by atoms with Crippen molar-refractivity contribution < 1.29 is 4.79 Å². The molecule has 2 aliphatic rings. The van der Waals surface area contributed by atoms with Crippen molar-refractivity contribution in [3.8, 4) is 0 Å². The molecule has 0 bridgehead atoms. The van der Waals surface area contributed by atoms with Gasteiger partial charge in [0.25, 0.3) is 5.91 Å². The number of piperidine rings is 1. The first kappa shape index (κ1) is 17.0. The van der Waals surface area contributed by atoms with E-state index in [-0.39, 0.29) is 5.91 Å². The Balaban J connectivity index is 1.48. The van der Waals surface area contributed by atoms with Gasteiger partial charge in [0.2, 0.25) is 0 Å². The van der Waals surface area contributed by atoms with E-state index >= 15 is 0 Å². The number of anilines is 1. The molecule has 5 nitrogen and oxygen atoms in total. The molecule has 1 unspecified atom stereocenters. The summed E-state index contributed by atoms with van der Waals surface area (Å²) in [4.78, 5) is 17.1. The van der Waals surface area contributed by atoms with Crippen molar-refractivity contribution in [3.63, 3.8) is 0 Å². The molecular formula is C21H26N4O. The third-order valence-electron chi connectivity index (χ3n) is 5.68. The van der Waals surface area contributed by atoms with Crippen molar-refractivity contribution in [1.29, 1.82) is 0 Å². The zero-order valence-electron chi connectivity index (χ0n) is 15.4. The average Bonchev–Trinajstić information content (AvgIpc) is 2.73. The molecule has 1 atom stereocenters. The van der Waals surface area contributed by atoms with E-state index in [2.05, 4.69) is 46.3 Å². The highest BCUT2D eigenvalue weighted by molar-refractivity contribution is 5.92. The molecule has 1 aromatic carbocycles. The molecule has 3 heterocycles. The molecule has 2 aliphatic heterocycles. The maximum Gasteiger partial charge on any atom is 0.274 e. The number of hydrogen-bond acceptors (Lipinski definition) is 4. The molecule has 0 radical (unpaired) electrons. The van der Waals surface area contributed by atoms with Crippen molar-refractivity contribution >= 4 is 11.7 Å². The minimum atomic E-state index is 0.0274. The molecule has 1 aromatic heterocycles. The second-order valence-corrected chi connectivity index (χ2v) is 7.27. The summed E-state index contributed by atoms with van der Waals surface area (Å²) >= 11 is 0. The number of nitrogens with zero attached hydrogens (tertiary/aromatic N) is 4. The highest BCUT2D eigenvalue weighted by atomic mass is 16.2. The van der Waals surface area contributed by atoms with E-state index in [9.17, 15) is 4.79 Å². The summed E-state index contributed by atoms with van der Waals surface area (Å²) in [5.41, 5.74) is 3.23. The minimum Gasteiger partial charge on any atom is -0.350 e. The lowest BCUT2D eigenvalue weighted by molar-refractivity contribution is 0.0600. The number of aromatic nitrogens is 2. The Kier molecular flexibility index (Phi) is 4.87. The lowest BCUT2D eigenvalue weighted by Crippen LogP contribution is -2.43. The van der Waals surface area contributed by atoms with Crippen LogP contribution in [0.5, 0.6) is 0 Å². The summed E-state index contributed by atoms with van der Waals surface area (Å²) in [5, 5.41) is 8.64. The molecule has 4 rings (SSSR count). The molecule has 0 aliphatic carbocycles. The van der Waals surface area contributed by atoms with Gasteiger partial charge in [-0.25, -0.2) is 0 Å². The van der Waals surface area contributed by atoms with Crippen LogP contribution in [-0.4, -0.2) is 40.1 Å². The van der Waals surface area contributed by atoms with Gasteiger partial charge in [-0.3, -0.25) is 4.79 Å². The Bertz CT molecular complexity index is 774. The van der Waals surface area contributed by atoms with Crippen LogP contribution in [-0.2, 0) is 13.0 Å². The van der Waals surface area contributed by atoms with Crippen LogP contribution in [0.15, 0.2) is 36.4 Å². The van der Waals surface area contributed by atoms with Crippen LogP contribution < -0.4 is 4.90 Å². The van der Waals surface area contributed by atoms with Crippen molar-refractivity contribution in [3.05, 3.63) is 53.2 Å². The summed E-state index contributed by atoms with van der Waals surface area (Å²) in [5.74, 6) is 0.876. The van der Waals surface area contributed by atoms with Crippen molar-refractivity contribution in [2.24, 2.45) is 0 Å². The molecule has 26 heavy (non-hydrogen) atoms. The van der Waals surface area contributed by atoms with Gasteiger partial charge in [0, 0.05) is 25.7 Å². The van der Waals surface area contributed by atoms with Gasteiger partial charge >= 0.3 is 0 Å². The predicted octanol–water partition coefficient (Wildman–Crippen LogP) is 3.44.